The molecule has 0 aromatic carbocycles. The summed E-state index contributed by atoms with van der Waals surface area (Å²) in [5.41, 5.74) is 1.03. The average molecular weight is 265 g/mol. The van der Waals surface area contributed by atoms with Gasteiger partial charge in [-0.25, -0.2) is 0 Å². The Morgan fingerprint density at radius 3 is 3.11 bits per heavy atom. The fraction of sp³-hybridized carbons (Fsp3) is 0.571. The highest BCUT2D eigenvalue weighted by molar-refractivity contribution is 7.10. The predicted molar refractivity (Wildman–Crippen MR) is 73.6 cm³/mol. The van der Waals surface area contributed by atoms with Crippen molar-refractivity contribution in [1.82, 2.24) is 4.90 Å². The summed E-state index contributed by atoms with van der Waals surface area (Å²) in [5.74, 6) is 5.71. The molecule has 0 amide bonds. The van der Waals surface area contributed by atoms with Gasteiger partial charge in [-0.2, -0.15) is 0 Å². The molecule has 0 aliphatic carbocycles. The molecule has 1 aromatic heterocycles. The molecule has 1 saturated heterocycles. The lowest BCUT2D eigenvalue weighted by Gasteiger charge is -2.26. The third kappa shape index (κ3) is 3.12. The third-order valence-electron chi connectivity index (χ3n) is 3.34. The van der Waals surface area contributed by atoms with E-state index < -0.39 is 0 Å². The van der Waals surface area contributed by atoms with Crippen LogP contribution in [-0.4, -0.2) is 42.4 Å². The van der Waals surface area contributed by atoms with E-state index in [1.807, 2.05) is 6.07 Å². The molecular formula is C14H19NO2S. The van der Waals surface area contributed by atoms with E-state index in [0.717, 1.165) is 25.1 Å². The number of nitrogens with zero attached hydrogens (tertiary/aromatic N) is 1. The van der Waals surface area contributed by atoms with Crippen molar-refractivity contribution >= 4 is 11.3 Å². The number of aliphatic hydroxyl groups excluding tert-OH is 1. The van der Waals surface area contributed by atoms with E-state index in [1.54, 1.807) is 11.3 Å². The number of hydrogen-bond donors (Lipinski definition) is 1. The zero-order valence-corrected chi connectivity index (χ0v) is 11.7. The van der Waals surface area contributed by atoms with Gasteiger partial charge in [0.1, 0.15) is 6.61 Å². The van der Waals surface area contributed by atoms with Crippen molar-refractivity contribution in [3.05, 3.63) is 21.9 Å². The zero-order chi connectivity index (χ0) is 13.0. The normalized spacial score (nSPS) is 23.1. The van der Waals surface area contributed by atoms with Crippen molar-refractivity contribution in [2.24, 2.45) is 0 Å². The molecule has 2 rings (SSSR count). The zero-order valence-electron chi connectivity index (χ0n) is 10.8. The molecule has 0 bridgehead atoms. The van der Waals surface area contributed by atoms with E-state index in [2.05, 4.69) is 36.1 Å². The molecule has 1 aliphatic rings. The number of likely N-dealkylation sites (N-methyl/N-ethyl adjacent to an activating group) is 1. The molecule has 0 radical (unpaired) electrons. The van der Waals surface area contributed by atoms with Gasteiger partial charge < -0.3 is 9.84 Å². The topological polar surface area (TPSA) is 32.7 Å². The summed E-state index contributed by atoms with van der Waals surface area (Å²) in [4.78, 5) is 3.60. The molecule has 2 heterocycles. The number of rotatable bonds is 3. The van der Waals surface area contributed by atoms with Gasteiger partial charge in [0.25, 0.3) is 0 Å². The second kappa shape index (κ2) is 6.35. The quantitative estimate of drug-likeness (QED) is 0.844. The molecule has 3 nitrogen and oxygen atoms in total. The third-order valence-corrected chi connectivity index (χ3v) is 4.25. The molecule has 2 atom stereocenters. The van der Waals surface area contributed by atoms with Crippen LogP contribution in [0.1, 0.15) is 23.8 Å². The van der Waals surface area contributed by atoms with E-state index in [0.29, 0.717) is 12.1 Å². The summed E-state index contributed by atoms with van der Waals surface area (Å²) in [7, 11) is 2.14. The molecule has 0 saturated carbocycles. The fourth-order valence-electron chi connectivity index (χ4n) is 2.35. The van der Waals surface area contributed by atoms with Crippen LogP contribution in [0, 0.1) is 11.8 Å². The van der Waals surface area contributed by atoms with Crippen LogP contribution in [0.4, 0.5) is 0 Å². The number of thiophene rings is 1. The molecule has 1 aromatic rings. The van der Waals surface area contributed by atoms with Crippen molar-refractivity contribution < 1.29 is 9.84 Å². The molecule has 1 fully saturated rings. The van der Waals surface area contributed by atoms with Crippen molar-refractivity contribution in [1.29, 1.82) is 0 Å². The van der Waals surface area contributed by atoms with E-state index in [9.17, 15) is 0 Å². The molecule has 4 heteroatoms. The van der Waals surface area contributed by atoms with Gasteiger partial charge in [0.2, 0.25) is 0 Å². The maximum atomic E-state index is 8.75. The number of aliphatic hydroxyl groups is 1. The highest BCUT2D eigenvalue weighted by Crippen LogP contribution is 2.23. The Morgan fingerprint density at radius 2 is 2.44 bits per heavy atom. The molecule has 2 unspecified atom stereocenters. The highest BCUT2D eigenvalue weighted by atomic mass is 32.1. The van der Waals surface area contributed by atoms with E-state index in [1.165, 1.54) is 4.88 Å². The fourth-order valence-corrected chi connectivity index (χ4v) is 3.24. The number of ether oxygens (including phenoxy) is 1. The van der Waals surface area contributed by atoms with Crippen LogP contribution in [0.2, 0.25) is 0 Å². The van der Waals surface area contributed by atoms with Crippen LogP contribution < -0.4 is 0 Å². The van der Waals surface area contributed by atoms with Gasteiger partial charge in [-0.15, -0.1) is 11.3 Å². The minimum Gasteiger partial charge on any atom is -0.384 e. The maximum Gasteiger partial charge on any atom is 0.104 e. The van der Waals surface area contributed by atoms with E-state index in [4.69, 9.17) is 9.84 Å². The van der Waals surface area contributed by atoms with Crippen molar-refractivity contribution in [3.63, 3.8) is 0 Å². The first-order valence-electron chi connectivity index (χ1n) is 6.20. The van der Waals surface area contributed by atoms with Crippen LogP contribution >= 0.6 is 11.3 Å². The molecule has 1 aliphatic heterocycles. The lowest BCUT2D eigenvalue weighted by molar-refractivity contribution is 0.0817. The second-order valence-electron chi connectivity index (χ2n) is 4.56. The van der Waals surface area contributed by atoms with Crippen molar-refractivity contribution in [3.8, 4) is 11.8 Å². The average Bonchev–Trinajstić information content (AvgIpc) is 2.95. The molecule has 18 heavy (non-hydrogen) atoms. The van der Waals surface area contributed by atoms with Gasteiger partial charge in [-0.05, 0) is 31.8 Å². The summed E-state index contributed by atoms with van der Waals surface area (Å²) < 4.78 is 5.60. The summed E-state index contributed by atoms with van der Waals surface area (Å²) >= 11 is 1.72. The van der Waals surface area contributed by atoms with Gasteiger partial charge in [0.15, 0.2) is 0 Å². The lowest BCUT2D eigenvalue weighted by atomic mass is 10.1. The Labute approximate surface area is 112 Å². The smallest absolute Gasteiger partial charge is 0.104 e. The minimum atomic E-state index is -0.0847. The molecule has 1 N–H and O–H groups in total. The largest absolute Gasteiger partial charge is 0.384 e. The van der Waals surface area contributed by atoms with Crippen molar-refractivity contribution in [2.75, 3.05) is 20.3 Å². The predicted octanol–water partition coefficient (Wildman–Crippen LogP) is 1.70. The van der Waals surface area contributed by atoms with Crippen LogP contribution in [0.5, 0.6) is 0 Å². The summed E-state index contributed by atoms with van der Waals surface area (Å²) in [6.45, 7) is 3.80. The summed E-state index contributed by atoms with van der Waals surface area (Å²) in [5, 5.41) is 10.8. The van der Waals surface area contributed by atoms with E-state index >= 15 is 0 Å². The van der Waals surface area contributed by atoms with E-state index in [-0.39, 0.29) is 6.61 Å². The molecular weight excluding hydrogens is 246 g/mol. The Hall–Kier alpha value is -0.860. The van der Waals surface area contributed by atoms with Gasteiger partial charge in [0.05, 0.1) is 6.10 Å². The van der Waals surface area contributed by atoms with Crippen LogP contribution in [0.3, 0.4) is 0 Å². The highest BCUT2D eigenvalue weighted by Gasteiger charge is 2.28. The van der Waals surface area contributed by atoms with Crippen LogP contribution in [0.25, 0.3) is 0 Å². The second-order valence-corrected chi connectivity index (χ2v) is 5.57. The van der Waals surface area contributed by atoms with Gasteiger partial charge in [-0.1, -0.05) is 11.8 Å². The number of hydrogen-bond acceptors (Lipinski definition) is 4. The van der Waals surface area contributed by atoms with Crippen LogP contribution in [-0.2, 0) is 11.3 Å². The Balaban J connectivity index is 2.02. The minimum absolute atomic E-state index is 0.0847. The lowest BCUT2D eigenvalue weighted by Crippen LogP contribution is -2.36. The molecule has 98 valence electrons. The van der Waals surface area contributed by atoms with Gasteiger partial charge >= 0.3 is 0 Å². The SMILES string of the molecule is CC1OCCC1N(C)Cc1sccc1C#CCO. The summed E-state index contributed by atoms with van der Waals surface area (Å²) in [6, 6.07) is 2.51. The van der Waals surface area contributed by atoms with Crippen molar-refractivity contribution in [2.45, 2.75) is 32.0 Å². The first-order valence-corrected chi connectivity index (χ1v) is 7.08. The van der Waals surface area contributed by atoms with Gasteiger partial charge in [-0.3, -0.25) is 4.90 Å². The maximum absolute atomic E-state index is 8.75. The van der Waals surface area contributed by atoms with Crippen LogP contribution in [0.15, 0.2) is 11.4 Å². The summed E-state index contributed by atoms with van der Waals surface area (Å²) in [6.07, 6.45) is 1.41. The standard InChI is InChI=1S/C14H19NO2S/c1-11-13(5-8-17-11)15(2)10-14-12(4-3-7-16)6-9-18-14/h6,9,11,13,16H,5,7-8,10H2,1-2H3. The molecule has 0 spiro atoms. The monoisotopic (exact) mass is 265 g/mol. The first-order chi connectivity index (χ1) is 8.72. The van der Waals surface area contributed by atoms with Gasteiger partial charge in [0, 0.05) is 29.6 Å². The Kier molecular flexibility index (Phi) is 4.79. The Morgan fingerprint density at radius 1 is 1.61 bits per heavy atom. The first kappa shape index (κ1) is 13.6. The Bertz CT molecular complexity index is 446.